The molecule has 1 aliphatic carbocycles. The lowest BCUT2D eigenvalue weighted by Crippen LogP contribution is -2.25. The van der Waals surface area contributed by atoms with E-state index in [9.17, 15) is 5.11 Å². The van der Waals surface area contributed by atoms with Gasteiger partial charge >= 0.3 is 0 Å². The van der Waals surface area contributed by atoms with Gasteiger partial charge in [0.25, 0.3) is 0 Å². The minimum Gasteiger partial charge on any atom is -0.488 e. The highest BCUT2D eigenvalue weighted by Crippen LogP contribution is 2.29. The van der Waals surface area contributed by atoms with Crippen LogP contribution in [0.3, 0.4) is 0 Å². The number of halogens is 2. The molecule has 1 aromatic carbocycles. The van der Waals surface area contributed by atoms with Crippen molar-refractivity contribution < 1.29 is 9.84 Å². The molecule has 0 heterocycles. The van der Waals surface area contributed by atoms with Crippen LogP contribution in [0.2, 0.25) is 10.0 Å². The van der Waals surface area contributed by atoms with Crippen LogP contribution in [0.25, 0.3) is 0 Å². The lowest BCUT2D eigenvalue weighted by Gasteiger charge is -2.17. The minimum atomic E-state index is -0.362. The third-order valence-electron chi connectivity index (χ3n) is 2.60. The summed E-state index contributed by atoms with van der Waals surface area (Å²) in [6.07, 6.45) is 2.24. The van der Waals surface area contributed by atoms with Gasteiger partial charge in [0.1, 0.15) is 11.9 Å². The molecule has 2 rings (SSSR count). The SMILES string of the molecule is O[C@@H]1CCC[C@H]1Oc1ccc(Cl)c(Cl)c1. The summed E-state index contributed by atoms with van der Waals surface area (Å²) in [5.74, 6) is 0.662. The number of hydrogen-bond donors (Lipinski definition) is 1. The zero-order chi connectivity index (χ0) is 10.8. The molecule has 0 bridgehead atoms. The normalized spacial score (nSPS) is 25.5. The molecule has 1 aliphatic rings. The van der Waals surface area contributed by atoms with Crippen LogP contribution >= 0.6 is 23.2 Å². The summed E-state index contributed by atoms with van der Waals surface area (Å²) in [4.78, 5) is 0. The molecule has 0 unspecified atom stereocenters. The predicted octanol–water partition coefficient (Wildman–Crippen LogP) is 3.29. The van der Waals surface area contributed by atoms with Gasteiger partial charge in [0.05, 0.1) is 16.1 Å². The summed E-state index contributed by atoms with van der Waals surface area (Å²) in [5.41, 5.74) is 0. The Kier molecular flexibility index (Phi) is 3.39. The van der Waals surface area contributed by atoms with Gasteiger partial charge in [0, 0.05) is 6.07 Å². The van der Waals surface area contributed by atoms with E-state index in [1.807, 2.05) is 0 Å². The van der Waals surface area contributed by atoms with Crippen LogP contribution in [0.4, 0.5) is 0 Å². The average molecular weight is 247 g/mol. The smallest absolute Gasteiger partial charge is 0.124 e. The maximum Gasteiger partial charge on any atom is 0.124 e. The van der Waals surface area contributed by atoms with E-state index in [0.29, 0.717) is 15.8 Å². The molecule has 4 heteroatoms. The van der Waals surface area contributed by atoms with Gasteiger partial charge in [-0.25, -0.2) is 0 Å². The third-order valence-corrected chi connectivity index (χ3v) is 3.34. The fourth-order valence-electron chi connectivity index (χ4n) is 1.77. The molecule has 82 valence electrons. The van der Waals surface area contributed by atoms with Crippen molar-refractivity contribution in [3.63, 3.8) is 0 Å². The molecular weight excluding hydrogens is 235 g/mol. The molecule has 1 N–H and O–H groups in total. The summed E-state index contributed by atoms with van der Waals surface area (Å²) < 4.78 is 5.63. The van der Waals surface area contributed by atoms with Gasteiger partial charge in [-0.15, -0.1) is 0 Å². The molecule has 0 aliphatic heterocycles. The fourth-order valence-corrected chi connectivity index (χ4v) is 2.06. The standard InChI is InChI=1S/C11H12Cl2O2/c12-8-5-4-7(6-9(8)13)15-11-3-1-2-10(11)14/h4-6,10-11,14H,1-3H2/t10-,11-/m1/s1. The number of ether oxygens (including phenoxy) is 1. The summed E-state index contributed by atoms with van der Waals surface area (Å²) in [7, 11) is 0. The van der Waals surface area contributed by atoms with Crippen molar-refractivity contribution >= 4 is 23.2 Å². The number of aliphatic hydroxyl groups excluding tert-OH is 1. The van der Waals surface area contributed by atoms with E-state index >= 15 is 0 Å². The Labute approximate surface area is 98.8 Å². The number of rotatable bonds is 2. The quantitative estimate of drug-likeness (QED) is 0.868. The monoisotopic (exact) mass is 246 g/mol. The van der Waals surface area contributed by atoms with Gasteiger partial charge in [-0.3, -0.25) is 0 Å². The third kappa shape index (κ3) is 2.57. The van der Waals surface area contributed by atoms with Crippen LogP contribution in [0, 0.1) is 0 Å². The Morgan fingerprint density at radius 1 is 1.20 bits per heavy atom. The van der Waals surface area contributed by atoms with Crippen LogP contribution in [0.15, 0.2) is 18.2 Å². The van der Waals surface area contributed by atoms with Crippen LogP contribution < -0.4 is 4.74 Å². The van der Waals surface area contributed by atoms with Crippen molar-refractivity contribution in [3.05, 3.63) is 28.2 Å². The first-order valence-corrected chi connectivity index (χ1v) is 5.72. The lowest BCUT2D eigenvalue weighted by atomic mass is 10.2. The zero-order valence-electron chi connectivity index (χ0n) is 8.12. The van der Waals surface area contributed by atoms with Gasteiger partial charge in [0.2, 0.25) is 0 Å². The molecule has 0 spiro atoms. The summed E-state index contributed by atoms with van der Waals surface area (Å²) >= 11 is 11.7. The zero-order valence-corrected chi connectivity index (χ0v) is 9.63. The first-order chi connectivity index (χ1) is 7.16. The Bertz CT molecular complexity index is 354. The highest BCUT2D eigenvalue weighted by molar-refractivity contribution is 6.42. The highest BCUT2D eigenvalue weighted by atomic mass is 35.5. The molecule has 1 saturated carbocycles. The second kappa shape index (κ2) is 4.60. The number of hydrogen-bond acceptors (Lipinski definition) is 2. The number of aliphatic hydroxyl groups is 1. The van der Waals surface area contributed by atoms with Crippen molar-refractivity contribution in [1.29, 1.82) is 0 Å². The first kappa shape index (κ1) is 11.1. The average Bonchev–Trinajstić information content (AvgIpc) is 2.59. The van der Waals surface area contributed by atoms with E-state index in [1.165, 1.54) is 0 Å². The van der Waals surface area contributed by atoms with Crippen molar-refractivity contribution in [2.24, 2.45) is 0 Å². The Hall–Kier alpha value is -0.440. The summed E-state index contributed by atoms with van der Waals surface area (Å²) in [6.45, 7) is 0. The van der Waals surface area contributed by atoms with Crippen LogP contribution in [-0.2, 0) is 0 Å². The molecule has 1 aromatic rings. The maximum atomic E-state index is 9.59. The van der Waals surface area contributed by atoms with E-state index in [0.717, 1.165) is 19.3 Å². The van der Waals surface area contributed by atoms with E-state index in [-0.39, 0.29) is 12.2 Å². The summed E-state index contributed by atoms with van der Waals surface area (Å²) in [6, 6.07) is 5.13. The Morgan fingerprint density at radius 3 is 2.60 bits per heavy atom. The molecule has 2 atom stereocenters. The van der Waals surface area contributed by atoms with Gasteiger partial charge < -0.3 is 9.84 Å². The van der Waals surface area contributed by atoms with Crippen LogP contribution in [0.1, 0.15) is 19.3 Å². The van der Waals surface area contributed by atoms with Crippen LogP contribution in [-0.4, -0.2) is 17.3 Å². The Balaban J connectivity index is 2.07. The lowest BCUT2D eigenvalue weighted by molar-refractivity contribution is 0.0604. The maximum absolute atomic E-state index is 9.59. The molecular formula is C11H12Cl2O2. The van der Waals surface area contributed by atoms with Gasteiger partial charge in [-0.1, -0.05) is 23.2 Å². The summed E-state index contributed by atoms with van der Waals surface area (Å²) in [5, 5.41) is 10.6. The minimum absolute atomic E-state index is 0.109. The number of benzene rings is 1. The van der Waals surface area contributed by atoms with Crippen molar-refractivity contribution in [2.45, 2.75) is 31.5 Å². The predicted molar refractivity (Wildman–Crippen MR) is 60.7 cm³/mol. The Morgan fingerprint density at radius 2 is 2.00 bits per heavy atom. The molecule has 0 saturated heterocycles. The van der Waals surface area contributed by atoms with Crippen molar-refractivity contribution in [2.75, 3.05) is 0 Å². The van der Waals surface area contributed by atoms with E-state index < -0.39 is 0 Å². The molecule has 2 nitrogen and oxygen atoms in total. The molecule has 1 fully saturated rings. The molecule has 0 amide bonds. The first-order valence-electron chi connectivity index (χ1n) is 4.96. The molecule has 15 heavy (non-hydrogen) atoms. The highest BCUT2D eigenvalue weighted by Gasteiger charge is 2.26. The topological polar surface area (TPSA) is 29.5 Å². The second-order valence-corrected chi connectivity index (χ2v) is 4.54. The van der Waals surface area contributed by atoms with E-state index in [2.05, 4.69) is 0 Å². The van der Waals surface area contributed by atoms with Crippen molar-refractivity contribution in [3.8, 4) is 5.75 Å². The van der Waals surface area contributed by atoms with Crippen LogP contribution in [0.5, 0.6) is 5.75 Å². The largest absolute Gasteiger partial charge is 0.488 e. The molecule has 0 radical (unpaired) electrons. The van der Waals surface area contributed by atoms with Gasteiger partial charge in [-0.05, 0) is 31.4 Å². The van der Waals surface area contributed by atoms with Crippen molar-refractivity contribution in [1.82, 2.24) is 0 Å². The van der Waals surface area contributed by atoms with E-state index in [1.54, 1.807) is 18.2 Å². The van der Waals surface area contributed by atoms with Gasteiger partial charge in [-0.2, -0.15) is 0 Å². The van der Waals surface area contributed by atoms with E-state index in [4.69, 9.17) is 27.9 Å². The second-order valence-electron chi connectivity index (χ2n) is 3.73. The van der Waals surface area contributed by atoms with Gasteiger partial charge in [0.15, 0.2) is 0 Å². The fraction of sp³-hybridized carbons (Fsp3) is 0.455. The molecule has 0 aromatic heterocycles.